The fourth-order valence-electron chi connectivity index (χ4n) is 3.26. The second kappa shape index (κ2) is 6.70. The summed E-state index contributed by atoms with van der Waals surface area (Å²) in [7, 11) is -0.240. The van der Waals surface area contributed by atoms with E-state index in [9.17, 15) is 8.42 Å². The molecular formula is C15H26N4O4S. The maximum atomic E-state index is 12.2. The molecular weight excluding hydrogens is 332 g/mol. The summed E-state index contributed by atoms with van der Waals surface area (Å²) in [5.74, 6) is 1.67. The smallest absolute Gasteiger partial charge is 0.281 e. The Bertz CT molecular complexity index is 659. The van der Waals surface area contributed by atoms with Crippen LogP contribution in [0.15, 0.2) is 4.52 Å². The normalized spacial score (nSPS) is 23.7. The van der Waals surface area contributed by atoms with Gasteiger partial charge in [0.1, 0.15) is 0 Å². The first kappa shape index (κ1) is 17.8. The van der Waals surface area contributed by atoms with Gasteiger partial charge in [0.25, 0.3) is 10.2 Å². The third-order valence-corrected chi connectivity index (χ3v) is 7.11. The van der Waals surface area contributed by atoms with Crippen molar-refractivity contribution in [2.45, 2.75) is 43.9 Å². The monoisotopic (exact) mass is 358 g/mol. The van der Waals surface area contributed by atoms with Gasteiger partial charge >= 0.3 is 0 Å². The molecule has 0 saturated carbocycles. The van der Waals surface area contributed by atoms with E-state index in [1.165, 1.54) is 8.61 Å². The predicted molar refractivity (Wildman–Crippen MR) is 87.9 cm³/mol. The van der Waals surface area contributed by atoms with Crippen molar-refractivity contribution >= 4 is 10.2 Å². The molecule has 3 rings (SSSR count). The first-order valence-electron chi connectivity index (χ1n) is 8.42. The average molecular weight is 358 g/mol. The topological polar surface area (TPSA) is 88.8 Å². The summed E-state index contributed by atoms with van der Waals surface area (Å²) in [6.07, 6.45) is 3.19. The van der Waals surface area contributed by atoms with Crippen LogP contribution in [0.5, 0.6) is 0 Å². The van der Waals surface area contributed by atoms with E-state index in [1.807, 2.05) is 0 Å². The molecule has 24 heavy (non-hydrogen) atoms. The SMILES string of the molecule is CN(C)S(=O)(=O)N1CCC(C)(c2noc(C3CCOCC3)n2)CC1. The maximum absolute atomic E-state index is 12.2. The lowest BCUT2D eigenvalue weighted by Crippen LogP contribution is -2.48. The molecule has 1 aromatic heterocycles. The highest BCUT2D eigenvalue weighted by Crippen LogP contribution is 2.35. The Labute approximate surface area is 143 Å². The van der Waals surface area contributed by atoms with Gasteiger partial charge in [-0.1, -0.05) is 12.1 Å². The summed E-state index contributed by atoms with van der Waals surface area (Å²) in [6, 6.07) is 0. The van der Waals surface area contributed by atoms with E-state index in [2.05, 4.69) is 17.1 Å². The van der Waals surface area contributed by atoms with Gasteiger partial charge in [-0.3, -0.25) is 0 Å². The summed E-state index contributed by atoms with van der Waals surface area (Å²) in [4.78, 5) is 4.64. The largest absolute Gasteiger partial charge is 0.381 e. The van der Waals surface area contributed by atoms with Gasteiger partial charge in [0.15, 0.2) is 5.82 Å². The number of aromatic nitrogens is 2. The molecule has 0 aliphatic carbocycles. The lowest BCUT2D eigenvalue weighted by Gasteiger charge is -2.37. The van der Waals surface area contributed by atoms with Gasteiger partial charge in [0.05, 0.1) is 0 Å². The third-order valence-electron chi connectivity index (χ3n) is 5.17. The Hall–Kier alpha value is -1.03. The van der Waals surface area contributed by atoms with Crippen LogP contribution in [-0.4, -0.2) is 67.6 Å². The molecule has 2 saturated heterocycles. The predicted octanol–water partition coefficient (Wildman–Crippen LogP) is 1.12. The Kier molecular flexibility index (Phi) is 4.96. The molecule has 2 aliphatic rings. The van der Waals surface area contributed by atoms with Crippen LogP contribution in [0.3, 0.4) is 0 Å². The molecule has 0 spiro atoms. The van der Waals surface area contributed by atoms with Crippen LogP contribution in [0.25, 0.3) is 0 Å². The fourth-order valence-corrected chi connectivity index (χ4v) is 4.36. The average Bonchev–Trinajstić information content (AvgIpc) is 3.07. The Morgan fingerprint density at radius 1 is 1.21 bits per heavy atom. The summed E-state index contributed by atoms with van der Waals surface area (Å²) in [6.45, 7) is 4.50. The van der Waals surface area contributed by atoms with Crippen LogP contribution >= 0.6 is 0 Å². The number of hydrogen-bond donors (Lipinski definition) is 0. The maximum Gasteiger partial charge on any atom is 0.281 e. The molecule has 2 aliphatic heterocycles. The Morgan fingerprint density at radius 3 is 2.42 bits per heavy atom. The molecule has 9 heteroatoms. The van der Waals surface area contributed by atoms with Gasteiger partial charge in [0, 0.05) is 51.7 Å². The molecule has 8 nitrogen and oxygen atoms in total. The second-order valence-electron chi connectivity index (χ2n) is 7.09. The molecule has 2 fully saturated rings. The molecule has 0 bridgehead atoms. The first-order chi connectivity index (χ1) is 11.3. The van der Waals surface area contributed by atoms with Crippen molar-refractivity contribution in [2.24, 2.45) is 0 Å². The summed E-state index contributed by atoms with van der Waals surface area (Å²) in [5.41, 5.74) is -0.245. The van der Waals surface area contributed by atoms with Gasteiger partial charge in [-0.25, -0.2) is 0 Å². The molecule has 0 unspecified atom stereocenters. The molecule has 136 valence electrons. The zero-order valence-corrected chi connectivity index (χ0v) is 15.4. The highest BCUT2D eigenvalue weighted by Gasteiger charge is 2.40. The van der Waals surface area contributed by atoms with Gasteiger partial charge in [-0.15, -0.1) is 0 Å². The van der Waals surface area contributed by atoms with E-state index < -0.39 is 10.2 Å². The molecule has 1 aromatic rings. The van der Waals surface area contributed by atoms with Gasteiger partial charge in [-0.05, 0) is 25.7 Å². The molecule has 0 aromatic carbocycles. The van der Waals surface area contributed by atoms with Crippen LogP contribution in [-0.2, 0) is 20.4 Å². The number of rotatable bonds is 4. The molecule has 0 radical (unpaired) electrons. The highest BCUT2D eigenvalue weighted by atomic mass is 32.2. The van der Waals surface area contributed by atoms with E-state index in [-0.39, 0.29) is 11.3 Å². The third kappa shape index (κ3) is 3.35. The van der Waals surface area contributed by atoms with E-state index in [4.69, 9.17) is 9.26 Å². The van der Waals surface area contributed by atoms with Crippen LogP contribution in [0.1, 0.15) is 50.2 Å². The molecule has 3 heterocycles. The standard InChI is InChI=1S/C15H26N4O4S/c1-15(6-8-19(9-7-15)24(20,21)18(2)3)14-16-13(23-17-14)12-4-10-22-11-5-12/h12H,4-11H2,1-3H3. The minimum absolute atomic E-state index is 0.245. The lowest BCUT2D eigenvalue weighted by molar-refractivity contribution is 0.0778. The van der Waals surface area contributed by atoms with Crippen molar-refractivity contribution in [3.8, 4) is 0 Å². The van der Waals surface area contributed by atoms with Gasteiger partial charge in [-0.2, -0.15) is 22.0 Å². The van der Waals surface area contributed by atoms with Crippen molar-refractivity contribution in [3.63, 3.8) is 0 Å². The van der Waals surface area contributed by atoms with Crippen LogP contribution in [0.4, 0.5) is 0 Å². The number of hydrogen-bond acceptors (Lipinski definition) is 6. The highest BCUT2D eigenvalue weighted by molar-refractivity contribution is 7.86. The minimum atomic E-state index is -3.36. The van der Waals surface area contributed by atoms with Crippen molar-refractivity contribution in [1.82, 2.24) is 18.8 Å². The van der Waals surface area contributed by atoms with E-state index in [0.29, 0.717) is 37.6 Å². The number of nitrogens with zero attached hydrogens (tertiary/aromatic N) is 4. The zero-order valence-electron chi connectivity index (χ0n) is 14.6. The zero-order chi connectivity index (χ0) is 17.4. The summed E-state index contributed by atoms with van der Waals surface area (Å²) >= 11 is 0. The van der Waals surface area contributed by atoms with Crippen LogP contribution in [0.2, 0.25) is 0 Å². The van der Waals surface area contributed by atoms with Crippen molar-refractivity contribution in [2.75, 3.05) is 40.4 Å². The number of ether oxygens (including phenoxy) is 1. The van der Waals surface area contributed by atoms with Crippen LogP contribution in [0, 0.1) is 0 Å². The molecule has 0 amide bonds. The van der Waals surface area contributed by atoms with Crippen molar-refractivity contribution < 1.29 is 17.7 Å². The molecule has 0 atom stereocenters. The summed E-state index contributed by atoms with van der Waals surface area (Å²) in [5, 5.41) is 4.20. The fraction of sp³-hybridized carbons (Fsp3) is 0.867. The Morgan fingerprint density at radius 2 is 1.83 bits per heavy atom. The van der Waals surface area contributed by atoms with Crippen molar-refractivity contribution in [1.29, 1.82) is 0 Å². The lowest BCUT2D eigenvalue weighted by atomic mass is 9.80. The van der Waals surface area contributed by atoms with Gasteiger partial charge in [0.2, 0.25) is 5.89 Å². The quantitative estimate of drug-likeness (QED) is 0.801. The molecule has 0 N–H and O–H groups in total. The Balaban J connectivity index is 1.69. The second-order valence-corrected chi connectivity index (χ2v) is 9.24. The first-order valence-corrected chi connectivity index (χ1v) is 9.82. The van der Waals surface area contributed by atoms with Gasteiger partial charge < -0.3 is 9.26 Å². The number of piperidine rings is 1. The van der Waals surface area contributed by atoms with E-state index >= 15 is 0 Å². The van der Waals surface area contributed by atoms with E-state index in [1.54, 1.807) is 14.1 Å². The minimum Gasteiger partial charge on any atom is -0.381 e. The summed E-state index contributed by atoms with van der Waals surface area (Å²) < 4.78 is 38.1. The van der Waals surface area contributed by atoms with Crippen molar-refractivity contribution in [3.05, 3.63) is 11.7 Å². The van der Waals surface area contributed by atoms with Crippen LogP contribution < -0.4 is 0 Å². The van der Waals surface area contributed by atoms with E-state index in [0.717, 1.165) is 26.1 Å².